The lowest BCUT2D eigenvalue weighted by Crippen LogP contribution is -2.38. The molecular formula is C21H27N5O3. The van der Waals surface area contributed by atoms with E-state index in [0.29, 0.717) is 24.9 Å². The molecule has 0 bridgehead atoms. The van der Waals surface area contributed by atoms with E-state index in [-0.39, 0.29) is 19.1 Å². The summed E-state index contributed by atoms with van der Waals surface area (Å²) in [6.07, 6.45) is 1.11. The van der Waals surface area contributed by atoms with Crippen molar-refractivity contribution in [2.24, 2.45) is 4.99 Å². The minimum atomic E-state index is -0.108. The normalized spacial score (nSPS) is 12.6. The van der Waals surface area contributed by atoms with Gasteiger partial charge in [-0.25, -0.2) is 4.98 Å². The van der Waals surface area contributed by atoms with Crippen LogP contribution in [0.3, 0.4) is 0 Å². The number of carbonyl (C=O) groups is 1. The van der Waals surface area contributed by atoms with Gasteiger partial charge in [-0.05, 0) is 50.1 Å². The van der Waals surface area contributed by atoms with Crippen molar-refractivity contribution in [3.05, 3.63) is 47.7 Å². The standard InChI is InChI=1S/C21H27N5O3/c1-3-22-21(23-11-9-16-7-8-17-18(13-16)29-14-28-17)24-12-10-20(27)26-19-6-4-5-15(2)25-19/h4-8,13H,3,9-12,14H2,1-2H3,(H2,22,23,24)(H,25,26,27). The molecule has 0 atom stereocenters. The molecule has 8 heteroatoms. The molecule has 0 saturated heterocycles. The van der Waals surface area contributed by atoms with Crippen LogP contribution in [0.15, 0.2) is 41.4 Å². The highest BCUT2D eigenvalue weighted by molar-refractivity contribution is 5.90. The fourth-order valence-corrected chi connectivity index (χ4v) is 2.85. The first-order valence-corrected chi connectivity index (χ1v) is 9.78. The molecule has 0 fully saturated rings. The Hall–Kier alpha value is -3.29. The van der Waals surface area contributed by atoms with Crippen LogP contribution in [0, 0.1) is 6.92 Å². The number of guanidine groups is 1. The van der Waals surface area contributed by atoms with Crippen molar-refractivity contribution in [2.45, 2.75) is 26.7 Å². The zero-order valence-corrected chi connectivity index (χ0v) is 16.8. The van der Waals surface area contributed by atoms with Gasteiger partial charge in [-0.15, -0.1) is 0 Å². The first kappa shape index (κ1) is 20.4. The SMILES string of the molecule is CCNC(=NCCC(=O)Nc1cccc(C)n1)NCCc1ccc2c(c1)OCO2. The average molecular weight is 397 g/mol. The van der Waals surface area contributed by atoms with Gasteiger partial charge in [-0.3, -0.25) is 9.79 Å². The van der Waals surface area contributed by atoms with Crippen molar-refractivity contribution < 1.29 is 14.3 Å². The lowest BCUT2D eigenvalue weighted by molar-refractivity contribution is -0.116. The highest BCUT2D eigenvalue weighted by Crippen LogP contribution is 2.32. The fourth-order valence-electron chi connectivity index (χ4n) is 2.85. The van der Waals surface area contributed by atoms with Gasteiger partial charge < -0.3 is 25.4 Å². The van der Waals surface area contributed by atoms with Gasteiger partial charge in [0, 0.05) is 25.2 Å². The van der Waals surface area contributed by atoms with Crippen LogP contribution in [-0.2, 0) is 11.2 Å². The van der Waals surface area contributed by atoms with Crippen LogP contribution < -0.4 is 25.4 Å². The summed E-state index contributed by atoms with van der Waals surface area (Å²) in [5.74, 6) is 2.72. The third kappa shape index (κ3) is 6.38. The number of nitrogens with one attached hydrogen (secondary N) is 3. The molecule has 29 heavy (non-hydrogen) atoms. The molecular weight excluding hydrogens is 370 g/mol. The second-order valence-corrected chi connectivity index (χ2v) is 6.59. The highest BCUT2D eigenvalue weighted by atomic mass is 16.7. The minimum absolute atomic E-state index is 0.108. The van der Waals surface area contributed by atoms with Crippen LogP contribution >= 0.6 is 0 Å². The van der Waals surface area contributed by atoms with Crippen molar-refractivity contribution in [3.8, 4) is 11.5 Å². The molecule has 0 spiro atoms. The molecule has 2 aromatic rings. The quantitative estimate of drug-likeness (QED) is 0.467. The maximum atomic E-state index is 12.1. The molecule has 1 aromatic heterocycles. The van der Waals surface area contributed by atoms with Gasteiger partial charge >= 0.3 is 0 Å². The van der Waals surface area contributed by atoms with Gasteiger partial charge in [0.1, 0.15) is 5.82 Å². The van der Waals surface area contributed by atoms with Crippen molar-refractivity contribution in [1.82, 2.24) is 15.6 Å². The number of rotatable bonds is 8. The van der Waals surface area contributed by atoms with Crippen molar-refractivity contribution in [1.29, 1.82) is 0 Å². The van der Waals surface area contributed by atoms with Crippen molar-refractivity contribution >= 4 is 17.7 Å². The van der Waals surface area contributed by atoms with Crippen LogP contribution in [0.1, 0.15) is 24.6 Å². The Bertz CT molecular complexity index is 869. The van der Waals surface area contributed by atoms with Gasteiger partial charge in [-0.1, -0.05) is 12.1 Å². The van der Waals surface area contributed by atoms with Crippen molar-refractivity contribution in [2.75, 3.05) is 31.7 Å². The molecule has 0 aliphatic carbocycles. The smallest absolute Gasteiger partial charge is 0.231 e. The number of aliphatic imine (C=N–C) groups is 1. The Kier molecular flexibility index (Phi) is 7.27. The number of fused-ring (bicyclic) bond motifs is 1. The van der Waals surface area contributed by atoms with E-state index in [0.717, 1.165) is 35.7 Å². The predicted molar refractivity (Wildman–Crippen MR) is 112 cm³/mol. The fraction of sp³-hybridized carbons (Fsp3) is 0.381. The minimum Gasteiger partial charge on any atom is -0.454 e. The summed E-state index contributed by atoms with van der Waals surface area (Å²) in [6, 6.07) is 11.5. The summed E-state index contributed by atoms with van der Waals surface area (Å²) in [4.78, 5) is 20.8. The number of aromatic nitrogens is 1. The number of anilines is 1. The molecule has 3 rings (SSSR count). The molecule has 0 saturated carbocycles. The topological polar surface area (TPSA) is 96.9 Å². The maximum absolute atomic E-state index is 12.1. The van der Waals surface area contributed by atoms with Crippen molar-refractivity contribution in [3.63, 3.8) is 0 Å². The monoisotopic (exact) mass is 397 g/mol. The number of nitrogens with zero attached hydrogens (tertiary/aromatic N) is 2. The summed E-state index contributed by atoms with van der Waals surface area (Å²) in [5, 5.41) is 9.27. The van der Waals surface area contributed by atoms with Crippen LogP contribution in [0.4, 0.5) is 5.82 Å². The van der Waals surface area contributed by atoms with E-state index in [1.807, 2.05) is 44.2 Å². The van der Waals surface area contributed by atoms with Crippen LogP contribution in [0.2, 0.25) is 0 Å². The molecule has 0 unspecified atom stereocenters. The van der Waals surface area contributed by atoms with Gasteiger partial charge in [0.15, 0.2) is 17.5 Å². The third-order valence-electron chi connectivity index (χ3n) is 4.25. The van der Waals surface area contributed by atoms with E-state index in [2.05, 4.69) is 25.9 Å². The summed E-state index contributed by atoms with van der Waals surface area (Å²) in [5.41, 5.74) is 2.02. The summed E-state index contributed by atoms with van der Waals surface area (Å²) in [7, 11) is 0. The molecule has 0 radical (unpaired) electrons. The Morgan fingerprint density at radius 3 is 2.86 bits per heavy atom. The van der Waals surface area contributed by atoms with E-state index >= 15 is 0 Å². The zero-order valence-electron chi connectivity index (χ0n) is 16.8. The summed E-state index contributed by atoms with van der Waals surface area (Å²) >= 11 is 0. The van der Waals surface area contributed by atoms with Gasteiger partial charge in [0.2, 0.25) is 12.7 Å². The maximum Gasteiger partial charge on any atom is 0.231 e. The predicted octanol–water partition coefficient (Wildman–Crippen LogP) is 2.25. The Morgan fingerprint density at radius 2 is 2.03 bits per heavy atom. The third-order valence-corrected chi connectivity index (χ3v) is 4.25. The van der Waals surface area contributed by atoms with E-state index in [9.17, 15) is 4.79 Å². The molecule has 1 aromatic carbocycles. The summed E-state index contributed by atoms with van der Waals surface area (Å²) < 4.78 is 10.7. The first-order chi connectivity index (χ1) is 14.1. The average Bonchev–Trinajstić information content (AvgIpc) is 3.16. The second kappa shape index (κ2) is 10.3. The molecule has 2 heterocycles. The molecule has 154 valence electrons. The van der Waals surface area contributed by atoms with Crippen LogP contribution in [-0.4, -0.2) is 43.3 Å². The lowest BCUT2D eigenvalue weighted by atomic mass is 10.1. The number of benzene rings is 1. The Balaban J connectivity index is 1.43. The molecule has 1 aliphatic heterocycles. The van der Waals surface area contributed by atoms with Crippen LogP contribution in [0.5, 0.6) is 11.5 Å². The Morgan fingerprint density at radius 1 is 1.17 bits per heavy atom. The number of ether oxygens (including phenoxy) is 2. The van der Waals surface area contributed by atoms with Gasteiger partial charge in [0.05, 0.1) is 6.54 Å². The molecule has 1 amide bonds. The van der Waals surface area contributed by atoms with Crippen LogP contribution in [0.25, 0.3) is 0 Å². The number of aryl methyl sites for hydroxylation is 1. The number of hydrogen-bond donors (Lipinski definition) is 3. The van der Waals surface area contributed by atoms with E-state index in [4.69, 9.17) is 9.47 Å². The Labute approximate surface area is 170 Å². The zero-order chi connectivity index (χ0) is 20.5. The lowest BCUT2D eigenvalue weighted by Gasteiger charge is -2.11. The number of amides is 1. The van der Waals surface area contributed by atoms with Gasteiger partial charge in [-0.2, -0.15) is 0 Å². The largest absolute Gasteiger partial charge is 0.454 e. The number of carbonyl (C=O) groups excluding carboxylic acids is 1. The first-order valence-electron chi connectivity index (χ1n) is 9.78. The number of hydrogen-bond acceptors (Lipinski definition) is 5. The van der Waals surface area contributed by atoms with E-state index in [1.54, 1.807) is 6.07 Å². The molecule has 3 N–H and O–H groups in total. The highest BCUT2D eigenvalue weighted by Gasteiger charge is 2.13. The number of pyridine rings is 1. The summed E-state index contributed by atoms with van der Waals surface area (Å²) in [6.45, 7) is 6.02. The van der Waals surface area contributed by atoms with Gasteiger partial charge in [0.25, 0.3) is 0 Å². The molecule has 8 nitrogen and oxygen atoms in total. The van der Waals surface area contributed by atoms with E-state index in [1.165, 1.54) is 0 Å². The second-order valence-electron chi connectivity index (χ2n) is 6.59. The van der Waals surface area contributed by atoms with E-state index < -0.39 is 0 Å². The molecule has 1 aliphatic rings.